The van der Waals surface area contributed by atoms with E-state index in [1.54, 1.807) is 0 Å². The molecule has 5 nitrogen and oxygen atoms in total. The van der Waals surface area contributed by atoms with Crippen molar-refractivity contribution in [3.63, 3.8) is 0 Å². The first-order valence-electron chi connectivity index (χ1n) is 8.95. The molecule has 0 unspecified atom stereocenters. The molecule has 0 radical (unpaired) electrons. The first-order valence-corrected chi connectivity index (χ1v) is 8.95. The van der Waals surface area contributed by atoms with Gasteiger partial charge in [-0.05, 0) is 23.5 Å². The van der Waals surface area contributed by atoms with Crippen molar-refractivity contribution in [1.29, 1.82) is 0 Å². The average Bonchev–Trinajstić information content (AvgIpc) is 2.96. The van der Waals surface area contributed by atoms with Gasteiger partial charge in [-0.3, -0.25) is 4.99 Å². The lowest BCUT2D eigenvalue weighted by Gasteiger charge is -2.31. The van der Waals surface area contributed by atoms with E-state index in [1.807, 2.05) is 7.05 Å². The van der Waals surface area contributed by atoms with Crippen LogP contribution in [0.25, 0.3) is 0 Å². The van der Waals surface area contributed by atoms with Crippen LogP contribution < -0.4 is 10.2 Å². The molecule has 3 rings (SSSR count). The number of nitrogens with one attached hydrogen (secondary N) is 1. The third-order valence-corrected chi connectivity index (χ3v) is 4.97. The van der Waals surface area contributed by atoms with Gasteiger partial charge in [0.1, 0.15) is 0 Å². The van der Waals surface area contributed by atoms with Gasteiger partial charge in [0.15, 0.2) is 5.96 Å². The molecule has 5 heteroatoms. The lowest BCUT2D eigenvalue weighted by Crippen LogP contribution is -2.41. The van der Waals surface area contributed by atoms with Crippen LogP contribution in [0, 0.1) is 5.41 Å². The molecule has 0 spiro atoms. The zero-order chi connectivity index (χ0) is 17.0. The van der Waals surface area contributed by atoms with Gasteiger partial charge in [0, 0.05) is 45.5 Å². The van der Waals surface area contributed by atoms with E-state index < -0.39 is 0 Å². The van der Waals surface area contributed by atoms with Crippen LogP contribution in [-0.2, 0) is 11.3 Å². The fraction of sp³-hybridized carbons (Fsp3) is 0.632. The number of hydrogen-bond acceptors (Lipinski definition) is 3. The minimum atomic E-state index is 0.378. The van der Waals surface area contributed by atoms with Crippen LogP contribution in [0.4, 0.5) is 5.69 Å². The summed E-state index contributed by atoms with van der Waals surface area (Å²) >= 11 is 0. The van der Waals surface area contributed by atoms with Gasteiger partial charge >= 0.3 is 0 Å². The van der Waals surface area contributed by atoms with Crippen molar-refractivity contribution in [2.45, 2.75) is 26.8 Å². The predicted molar refractivity (Wildman–Crippen MR) is 99.6 cm³/mol. The standard InChI is InChI=1S/C19H30N4O/c1-19(2)8-9-23(15-19)18(20-3)21-14-16-6-4-5-7-17(16)22-10-12-24-13-11-22/h4-7H,8-15H2,1-3H3,(H,20,21). The van der Waals surface area contributed by atoms with E-state index in [2.05, 4.69) is 58.2 Å². The minimum absolute atomic E-state index is 0.378. The van der Waals surface area contributed by atoms with Gasteiger partial charge < -0.3 is 19.9 Å². The highest BCUT2D eigenvalue weighted by Gasteiger charge is 2.30. The lowest BCUT2D eigenvalue weighted by molar-refractivity contribution is 0.122. The molecule has 0 atom stereocenters. The highest BCUT2D eigenvalue weighted by atomic mass is 16.5. The van der Waals surface area contributed by atoms with Crippen LogP contribution in [0.3, 0.4) is 0 Å². The van der Waals surface area contributed by atoms with Crippen LogP contribution in [-0.4, -0.2) is 57.3 Å². The Hall–Kier alpha value is -1.75. The fourth-order valence-corrected chi connectivity index (χ4v) is 3.57. The first kappa shape index (κ1) is 17.1. The normalized spacial score (nSPS) is 21.2. The SMILES string of the molecule is CN=C(NCc1ccccc1N1CCOCC1)N1CCC(C)(C)C1. The number of aliphatic imine (C=N–C) groups is 1. The summed E-state index contributed by atoms with van der Waals surface area (Å²) in [5, 5.41) is 3.56. The van der Waals surface area contributed by atoms with E-state index >= 15 is 0 Å². The Balaban J connectivity index is 1.65. The summed E-state index contributed by atoms with van der Waals surface area (Å²) in [6.45, 7) is 11.2. The Morgan fingerprint density at radius 2 is 1.96 bits per heavy atom. The zero-order valence-electron chi connectivity index (χ0n) is 15.2. The van der Waals surface area contributed by atoms with Crippen molar-refractivity contribution in [1.82, 2.24) is 10.2 Å². The average molecular weight is 330 g/mol. The van der Waals surface area contributed by atoms with Crippen LogP contribution in [0.5, 0.6) is 0 Å². The third-order valence-electron chi connectivity index (χ3n) is 4.97. The third kappa shape index (κ3) is 4.01. The molecule has 2 aliphatic heterocycles. The van der Waals surface area contributed by atoms with Gasteiger partial charge in [-0.2, -0.15) is 0 Å². The lowest BCUT2D eigenvalue weighted by atomic mass is 9.93. The highest BCUT2D eigenvalue weighted by molar-refractivity contribution is 5.80. The van der Waals surface area contributed by atoms with Gasteiger partial charge in [0.2, 0.25) is 0 Å². The van der Waals surface area contributed by atoms with Crippen molar-refractivity contribution in [2.24, 2.45) is 10.4 Å². The van der Waals surface area contributed by atoms with E-state index in [4.69, 9.17) is 4.74 Å². The summed E-state index contributed by atoms with van der Waals surface area (Å²) in [6.07, 6.45) is 1.22. The molecule has 2 fully saturated rings. The molecule has 1 aromatic rings. The Morgan fingerprint density at radius 3 is 2.62 bits per heavy atom. The maximum absolute atomic E-state index is 5.48. The number of benzene rings is 1. The summed E-state index contributed by atoms with van der Waals surface area (Å²) in [4.78, 5) is 9.28. The molecule has 0 aliphatic carbocycles. The molecule has 2 heterocycles. The largest absolute Gasteiger partial charge is 0.378 e. The summed E-state index contributed by atoms with van der Waals surface area (Å²) in [7, 11) is 1.88. The van der Waals surface area contributed by atoms with Crippen molar-refractivity contribution >= 4 is 11.6 Å². The molecule has 24 heavy (non-hydrogen) atoms. The van der Waals surface area contributed by atoms with Crippen molar-refractivity contribution in [3.8, 4) is 0 Å². The van der Waals surface area contributed by atoms with Crippen LogP contribution in [0.1, 0.15) is 25.8 Å². The fourth-order valence-electron chi connectivity index (χ4n) is 3.57. The zero-order valence-corrected chi connectivity index (χ0v) is 15.2. The molecule has 0 amide bonds. The Morgan fingerprint density at radius 1 is 1.21 bits per heavy atom. The van der Waals surface area contributed by atoms with E-state index in [-0.39, 0.29) is 0 Å². The molecule has 0 aromatic heterocycles. The molecule has 2 aliphatic rings. The number of hydrogen-bond donors (Lipinski definition) is 1. The van der Waals surface area contributed by atoms with E-state index in [0.29, 0.717) is 5.41 Å². The number of likely N-dealkylation sites (tertiary alicyclic amines) is 1. The van der Waals surface area contributed by atoms with Crippen molar-refractivity contribution in [2.75, 3.05) is 51.3 Å². The summed E-state index contributed by atoms with van der Waals surface area (Å²) in [5.74, 6) is 1.01. The van der Waals surface area contributed by atoms with Gasteiger partial charge in [0.05, 0.1) is 13.2 Å². The van der Waals surface area contributed by atoms with Gasteiger partial charge in [0.25, 0.3) is 0 Å². The van der Waals surface area contributed by atoms with E-state index in [0.717, 1.165) is 51.9 Å². The maximum atomic E-state index is 5.48. The number of guanidine groups is 1. The van der Waals surface area contributed by atoms with Crippen LogP contribution in [0.15, 0.2) is 29.3 Å². The molecule has 2 saturated heterocycles. The van der Waals surface area contributed by atoms with Crippen molar-refractivity contribution < 1.29 is 4.74 Å². The number of morpholine rings is 1. The van der Waals surface area contributed by atoms with E-state index in [1.165, 1.54) is 17.7 Å². The maximum Gasteiger partial charge on any atom is 0.193 e. The Kier molecular flexibility index (Phi) is 5.29. The van der Waals surface area contributed by atoms with Crippen LogP contribution in [0.2, 0.25) is 0 Å². The number of nitrogens with zero attached hydrogens (tertiary/aromatic N) is 3. The molecule has 1 N–H and O–H groups in total. The van der Waals surface area contributed by atoms with E-state index in [9.17, 15) is 0 Å². The number of anilines is 1. The number of rotatable bonds is 3. The number of ether oxygens (including phenoxy) is 1. The summed E-state index contributed by atoms with van der Waals surface area (Å²) in [5.41, 5.74) is 3.01. The second kappa shape index (κ2) is 7.43. The molecular weight excluding hydrogens is 300 g/mol. The first-order chi connectivity index (χ1) is 11.6. The monoisotopic (exact) mass is 330 g/mol. The van der Waals surface area contributed by atoms with Gasteiger partial charge in [-0.1, -0.05) is 32.0 Å². The molecule has 0 bridgehead atoms. The predicted octanol–water partition coefficient (Wildman–Crippen LogP) is 2.33. The second-order valence-electron chi connectivity index (χ2n) is 7.46. The second-order valence-corrected chi connectivity index (χ2v) is 7.46. The minimum Gasteiger partial charge on any atom is -0.378 e. The van der Waals surface area contributed by atoms with Crippen LogP contribution >= 0.6 is 0 Å². The molecule has 1 aromatic carbocycles. The van der Waals surface area contributed by atoms with Gasteiger partial charge in [-0.15, -0.1) is 0 Å². The topological polar surface area (TPSA) is 40.1 Å². The van der Waals surface area contributed by atoms with Gasteiger partial charge in [-0.25, -0.2) is 0 Å². The Labute approximate surface area is 145 Å². The summed E-state index contributed by atoms with van der Waals surface area (Å²) in [6, 6.07) is 8.65. The Bertz CT molecular complexity index is 578. The van der Waals surface area contributed by atoms with Crippen molar-refractivity contribution in [3.05, 3.63) is 29.8 Å². The number of para-hydroxylation sites is 1. The molecule has 0 saturated carbocycles. The molecule has 132 valence electrons. The smallest absolute Gasteiger partial charge is 0.193 e. The summed E-state index contributed by atoms with van der Waals surface area (Å²) < 4.78 is 5.48. The highest BCUT2D eigenvalue weighted by Crippen LogP contribution is 2.29. The quantitative estimate of drug-likeness (QED) is 0.682. The molecular formula is C19H30N4O.